The first-order valence-corrected chi connectivity index (χ1v) is 7.84. The van der Waals surface area contributed by atoms with E-state index in [0.29, 0.717) is 17.0 Å². The summed E-state index contributed by atoms with van der Waals surface area (Å²) in [6.07, 6.45) is -4.73. The van der Waals surface area contributed by atoms with Crippen LogP contribution in [0.15, 0.2) is 36.4 Å². The van der Waals surface area contributed by atoms with Crippen LogP contribution >= 0.6 is 0 Å². The Labute approximate surface area is 146 Å². The van der Waals surface area contributed by atoms with Crippen molar-refractivity contribution in [3.63, 3.8) is 0 Å². The van der Waals surface area contributed by atoms with Crippen molar-refractivity contribution in [3.05, 3.63) is 53.2 Å². The number of alkyl halides is 3. The second-order valence-corrected chi connectivity index (χ2v) is 5.98. The number of benzene rings is 2. The zero-order chi connectivity index (χ0) is 18.5. The number of hydrogen-bond donors (Lipinski definition) is 2. The minimum absolute atomic E-state index is 0.251. The Balaban J connectivity index is 1.76. The fraction of sp³-hybridized carbons (Fsp3) is 0.222. The first-order valence-electron chi connectivity index (χ1n) is 7.84. The van der Waals surface area contributed by atoms with Gasteiger partial charge in [0.05, 0.1) is 13.2 Å². The Kier molecular flexibility index (Phi) is 3.73. The third-order valence-corrected chi connectivity index (χ3v) is 4.35. The van der Waals surface area contributed by atoms with Gasteiger partial charge in [-0.1, -0.05) is 0 Å². The number of rotatable bonds is 3. The molecule has 2 heterocycles. The molecule has 1 aliphatic heterocycles. The van der Waals surface area contributed by atoms with Crippen LogP contribution in [-0.2, 0) is 0 Å². The van der Waals surface area contributed by atoms with Crippen molar-refractivity contribution in [2.75, 3.05) is 7.11 Å². The van der Waals surface area contributed by atoms with E-state index in [1.807, 2.05) is 19.1 Å². The molecule has 1 aliphatic rings. The molecule has 0 aliphatic carbocycles. The lowest BCUT2D eigenvalue weighted by atomic mass is 9.96. The van der Waals surface area contributed by atoms with Crippen molar-refractivity contribution in [2.45, 2.75) is 19.3 Å². The van der Waals surface area contributed by atoms with E-state index in [-0.39, 0.29) is 11.8 Å². The second kappa shape index (κ2) is 5.84. The third-order valence-electron chi connectivity index (χ3n) is 4.35. The maximum Gasteiger partial charge on any atom is 0.573 e. The lowest BCUT2D eigenvalue weighted by Gasteiger charge is -2.11. The normalized spacial score (nSPS) is 16.4. The van der Waals surface area contributed by atoms with Gasteiger partial charge in [0.25, 0.3) is 0 Å². The van der Waals surface area contributed by atoms with E-state index < -0.39 is 6.36 Å². The van der Waals surface area contributed by atoms with E-state index in [9.17, 15) is 13.2 Å². The van der Waals surface area contributed by atoms with Crippen molar-refractivity contribution in [1.29, 1.82) is 0 Å². The monoisotopic (exact) mass is 364 g/mol. The Morgan fingerprint density at radius 3 is 2.58 bits per heavy atom. The van der Waals surface area contributed by atoms with Gasteiger partial charge in [-0.3, -0.25) is 0 Å². The number of aromatic nitrogens is 1. The van der Waals surface area contributed by atoms with Gasteiger partial charge in [-0.15, -0.1) is 18.7 Å². The predicted octanol–water partition coefficient (Wildman–Crippen LogP) is 4.37. The molecule has 1 atom stereocenters. The van der Waals surface area contributed by atoms with Crippen LogP contribution < -0.4 is 19.8 Å². The SMILES string of the molecule is COc1ccc2c(c1)ONC2c1c(C)[nH]c2cc(OC(F)(F)F)ccc12. The topological polar surface area (TPSA) is 55.5 Å². The zero-order valence-corrected chi connectivity index (χ0v) is 13.9. The van der Waals surface area contributed by atoms with E-state index in [1.54, 1.807) is 19.2 Å². The van der Waals surface area contributed by atoms with Gasteiger partial charge < -0.3 is 19.3 Å². The van der Waals surface area contributed by atoms with Gasteiger partial charge in [0.1, 0.15) is 11.5 Å². The highest BCUT2D eigenvalue weighted by molar-refractivity contribution is 5.87. The summed E-state index contributed by atoms with van der Waals surface area (Å²) in [7, 11) is 1.58. The number of aryl methyl sites for hydroxylation is 1. The molecule has 0 saturated heterocycles. The molecule has 3 aromatic rings. The summed E-state index contributed by atoms with van der Waals surface area (Å²) in [6, 6.07) is 9.51. The molecule has 2 aromatic carbocycles. The zero-order valence-electron chi connectivity index (χ0n) is 13.9. The first kappa shape index (κ1) is 16.6. The molecule has 136 valence electrons. The molecule has 1 unspecified atom stereocenters. The molecule has 0 spiro atoms. The highest BCUT2D eigenvalue weighted by Crippen LogP contribution is 2.41. The third kappa shape index (κ3) is 2.82. The number of H-pyrrole nitrogens is 1. The van der Waals surface area contributed by atoms with Gasteiger partial charge in [0, 0.05) is 39.9 Å². The summed E-state index contributed by atoms with van der Waals surface area (Å²) in [4.78, 5) is 8.67. The molecule has 0 fully saturated rings. The average Bonchev–Trinajstić information content (AvgIpc) is 3.11. The van der Waals surface area contributed by atoms with Gasteiger partial charge in [-0.05, 0) is 31.2 Å². The fourth-order valence-electron chi connectivity index (χ4n) is 3.27. The summed E-state index contributed by atoms with van der Waals surface area (Å²) in [5.74, 6) is 1.06. The van der Waals surface area contributed by atoms with Crippen LogP contribution in [0.5, 0.6) is 17.2 Å². The Hall–Kier alpha value is -2.87. The summed E-state index contributed by atoms with van der Waals surface area (Å²) >= 11 is 0. The first-order chi connectivity index (χ1) is 12.4. The van der Waals surface area contributed by atoms with Crippen LogP contribution in [0.2, 0.25) is 0 Å². The molecule has 2 N–H and O–H groups in total. The van der Waals surface area contributed by atoms with Crippen LogP contribution in [0.25, 0.3) is 10.9 Å². The summed E-state index contributed by atoms with van der Waals surface area (Å²) < 4.78 is 46.5. The summed E-state index contributed by atoms with van der Waals surface area (Å²) in [6.45, 7) is 1.86. The van der Waals surface area contributed by atoms with Gasteiger partial charge in [-0.25, -0.2) is 0 Å². The lowest BCUT2D eigenvalue weighted by molar-refractivity contribution is -0.274. The number of ether oxygens (including phenoxy) is 2. The predicted molar refractivity (Wildman–Crippen MR) is 88.3 cm³/mol. The molecule has 0 amide bonds. The number of aromatic amines is 1. The van der Waals surface area contributed by atoms with Crippen molar-refractivity contribution >= 4 is 10.9 Å². The van der Waals surface area contributed by atoms with E-state index >= 15 is 0 Å². The van der Waals surface area contributed by atoms with Gasteiger partial charge in [0.2, 0.25) is 0 Å². The molecule has 26 heavy (non-hydrogen) atoms. The minimum Gasteiger partial charge on any atom is -0.497 e. The van der Waals surface area contributed by atoms with Crippen molar-refractivity contribution in [2.24, 2.45) is 0 Å². The van der Waals surface area contributed by atoms with Crippen molar-refractivity contribution < 1.29 is 27.5 Å². The number of hydroxylamine groups is 1. The Morgan fingerprint density at radius 1 is 1.08 bits per heavy atom. The minimum atomic E-state index is -4.73. The van der Waals surface area contributed by atoms with Crippen molar-refractivity contribution in [3.8, 4) is 17.2 Å². The van der Waals surface area contributed by atoms with Crippen LogP contribution in [0.3, 0.4) is 0 Å². The number of hydrogen-bond acceptors (Lipinski definition) is 4. The molecule has 5 nitrogen and oxygen atoms in total. The number of fused-ring (bicyclic) bond motifs is 2. The highest BCUT2D eigenvalue weighted by Gasteiger charge is 2.32. The van der Waals surface area contributed by atoms with E-state index in [4.69, 9.17) is 9.57 Å². The molecule has 0 bridgehead atoms. The van der Waals surface area contributed by atoms with Gasteiger partial charge >= 0.3 is 6.36 Å². The lowest BCUT2D eigenvalue weighted by Crippen LogP contribution is -2.18. The molecule has 4 rings (SSSR count). The molecule has 0 saturated carbocycles. The standard InChI is InChI=1S/C18H15F3N2O3/c1-9-16(17-13-6-3-10(24-2)8-15(13)26-23-17)12-5-4-11(7-14(12)22-9)25-18(19,20)21/h3-8,17,22-23H,1-2H3. The summed E-state index contributed by atoms with van der Waals surface area (Å²) in [5, 5.41) is 0.793. The number of methoxy groups -OCH3 is 1. The van der Waals surface area contributed by atoms with Crippen LogP contribution in [0.1, 0.15) is 22.9 Å². The Morgan fingerprint density at radius 2 is 1.85 bits per heavy atom. The largest absolute Gasteiger partial charge is 0.573 e. The van der Waals surface area contributed by atoms with Crippen LogP contribution in [-0.4, -0.2) is 18.5 Å². The fourth-order valence-corrected chi connectivity index (χ4v) is 3.27. The van der Waals surface area contributed by atoms with E-state index in [2.05, 4.69) is 15.2 Å². The van der Waals surface area contributed by atoms with Gasteiger partial charge in [-0.2, -0.15) is 0 Å². The Bertz CT molecular complexity index is 982. The van der Waals surface area contributed by atoms with Crippen molar-refractivity contribution in [1.82, 2.24) is 10.5 Å². The smallest absolute Gasteiger partial charge is 0.497 e. The molecular formula is C18H15F3N2O3. The summed E-state index contributed by atoms with van der Waals surface area (Å²) in [5.41, 5.74) is 6.19. The second-order valence-electron chi connectivity index (χ2n) is 5.98. The number of nitrogens with one attached hydrogen (secondary N) is 2. The number of halogens is 3. The van der Waals surface area contributed by atoms with Crippen LogP contribution in [0, 0.1) is 6.92 Å². The molecule has 8 heteroatoms. The van der Waals surface area contributed by atoms with Gasteiger partial charge in [0.15, 0.2) is 5.75 Å². The van der Waals surface area contributed by atoms with E-state index in [1.165, 1.54) is 12.1 Å². The van der Waals surface area contributed by atoms with Crippen LogP contribution in [0.4, 0.5) is 13.2 Å². The maximum absolute atomic E-state index is 12.4. The molecule has 0 radical (unpaired) electrons. The molecular weight excluding hydrogens is 349 g/mol. The molecule has 1 aromatic heterocycles. The highest BCUT2D eigenvalue weighted by atomic mass is 19.4. The average molecular weight is 364 g/mol. The maximum atomic E-state index is 12.4. The quantitative estimate of drug-likeness (QED) is 0.725. The van der Waals surface area contributed by atoms with E-state index in [0.717, 1.165) is 22.2 Å².